The molecule has 0 aliphatic carbocycles. The topological polar surface area (TPSA) is 66.6 Å². The van der Waals surface area contributed by atoms with Crippen molar-refractivity contribution in [1.29, 1.82) is 0 Å². The molecule has 3 N–H and O–H groups in total. The smallest absolute Gasteiger partial charge is 0.236 e. The third-order valence-corrected chi connectivity index (χ3v) is 2.07. The maximum atomic E-state index is 11.0. The van der Waals surface area contributed by atoms with Crippen LogP contribution in [0.4, 0.5) is 0 Å². The summed E-state index contributed by atoms with van der Waals surface area (Å²) in [7, 11) is 0. The lowest BCUT2D eigenvalue weighted by Gasteiger charge is -2.14. The summed E-state index contributed by atoms with van der Waals surface area (Å²) in [5, 5.41) is 8.77. The Balaban J connectivity index is 2.35. The van der Waals surface area contributed by atoms with E-state index in [1.165, 1.54) is 0 Å². The zero-order valence-corrected chi connectivity index (χ0v) is 6.49. The van der Waals surface area contributed by atoms with E-state index >= 15 is 0 Å². The van der Waals surface area contributed by atoms with Crippen molar-refractivity contribution in [2.75, 3.05) is 26.2 Å². The van der Waals surface area contributed by atoms with E-state index < -0.39 is 0 Å². The van der Waals surface area contributed by atoms with Gasteiger partial charge in [-0.2, -0.15) is 0 Å². The molecule has 11 heavy (non-hydrogen) atoms. The van der Waals surface area contributed by atoms with E-state index in [-0.39, 0.29) is 25.0 Å². The maximum absolute atomic E-state index is 11.0. The molecule has 0 radical (unpaired) electrons. The van der Waals surface area contributed by atoms with Gasteiger partial charge in [0.25, 0.3) is 0 Å². The molecule has 0 aromatic carbocycles. The largest absolute Gasteiger partial charge is 0.396 e. The number of hydrogen-bond donors (Lipinski definition) is 2. The first kappa shape index (κ1) is 8.49. The van der Waals surface area contributed by atoms with Crippen LogP contribution in [0.1, 0.15) is 6.42 Å². The Kier molecular flexibility index (Phi) is 2.84. The van der Waals surface area contributed by atoms with Crippen molar-refractivity contribution in [3.05, 3.63) is 0 Å². The number of carbonyl (C=O) groups is 1. The summed E-state index contributed by atoms with van der Waals surface area (Å²) in [6.07, 6.45) is 0.905. The minimum atomic E-state index is -0.0130. The molecule has 1 atom stereocenters. The third kappa shape index (κ3) is 1.91. The van der Waals surface area contributed by atoms with Crippen molar-refractivity contribution in [2.45, 2.75) is 6.42 Å². The number of aliphatic hydroxyl groups is 1. The molecule has 4 heteroatoms. The minimum absolute atomic E-state index is 0.0130. The third-order valence-electron chi connectivity index (χ3n) is 2.07. The van der Waals surface area contributed by atoms with Crippen molar-refractivity contribution in [1.82, 2.24) is 4.90 Å². The molecule has 1 rings (SSSR count). The quantitative estimate of drug-likeness (QED) is 0.529. The van der Waals surface area contributed by atoms with Crippen LogP contribution in [-0.2, 0) is 4.79 Å². The highest BCUT2D eigenvalue weighted by Gasteiger charge is 2.24. The molecule has 0 spiro atoms. The molecule has 0 aromatic heterocycles. The Morgan fingerprint density at radius 2 is 2.45 bits per heavy atom. The Morgan fingerprint density at radius 3 is 2.91 bits per heavy atom. The van der Waals surface area contributed by atoms with Crippen LogP contribution in [0.15, 0.2) is 0 Å². The van der Waals surface area contributed by atoms with E-state index in [0.29, 0.717) is 6.54 Å². The molecular formula is C7H14N2O2. The summed E-state index contributed by atoms with van der Waals surface area (Å²) >= 11 is 0. The van der Waals surface area contributed by atoms with Crippen LogP contribution in [0.5, 0.6) is 0 Å². The van der Waals surface area contributed by atoms with E-state index in [1.807, 2.05) is 0 Å². The normalized spacial score (nSPS) is 24.2. The Morgan fingerprint density at radius 1 is 1.73 bits per heavy atom. The van der Waals surface area contributed by atoms with Gasteiger partial charge in [0.15, 0.2) is 0 Å². The predicted octanol–water partition coefficient (Wildman–Crippen LogP) is -1.21. The number of carbonyl (C=O) groups excluding carboxylic acids is 1. The molecule has 4 nitrogen and oxygen atoms in total. The summed E-state index contributed by atoms with van der Waals surface area (Å²) in [6.45, 7) is 1.68. The molecule has 1 fully saturated rings. The van der Waals surface area contributed by atoms with Crippen molar-refractivity contribution < 1.29 is 9.90 Å². The van der Waals surface area contributed by atoms with Gasteiger partial charge in [-0.25, -0.2) is 0 Å². The molecule has 0 unspecified atom stereocenters. The van der Waals surface area contributed by atoms with Crippen LogP contribution in [-0.4, -0.2) is 42.2 Å². The second-order valence-corrected chi connectivity index (χ2v) is 2.88. The minimum Gasteiger partial charge on any atom is -0.396 e. The van der Waals surface area contributed by atoms with Crippen LogP contribution >= 0.6 is 0 Å². The maximum Gasteiger partial charge on any atom is 0.236 e. The zero-order chi connectivity index (χ0) is 8.27. The van der Waals surface area contributed by atoms with E-state index in [9.17, 15) is 4.79 Å². The highest BCUT2D eigenvalue weighted by atomic mass is 16.3. The number of nitrogens with two attached hydrogens (primary N) is 1. The average molecular weight is 158 g/mol. The van der Waals surface area contributed by atoms with E-state index in [0.717, 1.165) is 13.0 Å². The van der Waals surface area contributed by atoms with Crippen molar-refractivity contribution in [2.24, 2.45) is 11.7 Å². The average Bonchev–Trinajstić information content (AvgIpc) is 2.50. The van der Waals surface area contributed by atoms with Crippen LogP contribution in [0.25, 0.3) is 0 Å². The number of nitrogens with zero attached hydrogens (tertiary/aromatic N) is 1. The van der Waals surface area contributed by atoms with Crippen LogP contribution in [0.2, 0.25) is 0 Å². The fourth-order valence-corrected chi connectivity index (χ4v) is 1.34. The summed E-state index contributed by atoms with van der Waals surface area (Å²) in [5.41, 5.74) is 5.19. The molecule has 1 saturated heterocycles. The van der Waals surface area contributed by atoms with Crippen LogP contribution in [0, 0.1) is 5.92 Å². The molecule has 0 aromatic rings. The highest BCUT2D eigenvalue weighted by Crippen LogP contribution is 2.14. The fourth-order valence-electron chi connectivity index (χ4n) is 1.34. The Labute approximate surface area is 66.0 Å². The lowest BCUT2D eigenvalue weighted by molar-refractivity contribution is -0.128. The monoisotopic (exact) mass is 158 g/mol. The van der Waals surface area contributed by atoms with Gasteiger partial charge in [-0.05, 0) is 6.42 Å². The number of aliphatic hydroxyl groups excluding tert-OH is 1. The molecular weight excluding hydrogens is 144 g/mol. The lowest BCUT2D eigenvalue weighted by Crippen LogP contribution is -2.34. The molecule has 1 aliphatic rings. The number of likely N-dealkylation sites (tertiary alicyclic amines) is 1. The van der Waals surface area contributed by atoms with Crippen molar-refractivity contribution in [3.8, 4) is 0 Å². The van der Waals surface area contributed by atoms with E-state index in [2.05, 4.69) is 0 Å². The molecule has 1 amide bonds. The van der Waals surface area contributed by atoms with Crippen molar-refractivity contribution in [3.63, 3.8) is 0 Å². The highest BCUT2D eigenvalue weighted by molar-refractivity contribution is 5.78. The predicted molar refractivity (Wildman–Crippen MR) is 40.8 cm³/mol. The first-order valence-corrected chi connectivity index (χ1v) is 3.86. The first-order chi connectivity index (χ1) is 5.27. The van der Waals surface area contributed by atoms with Gasteiger partial charge in [0.1, 0.15) is 0 Å². The van der Waals surface area contributed by atoms with Crippen molar-refractivity contribution >= 4 is 5.91 Å². The van der Waals surface area contributed by atoms with E-state index in [4.69, 9.17) is 10.8 Å². The van der Waals surface area contributed by atoms with Crippen LogP contribution in [0.3, 0.4) is 0 Å². The van der Waals surface area contributed by atoms with Gasteiger partial charge in [-0.1, -0.05) is 0 Å². The van der Waals surface area contributed by atoms with Gasteiger partial charge in [-0.3, -0.25) is 4.79 Å². The van der Waals surface area contributed by atoms with Crippen LogP contribution < -0.4 is 5.73 Å². The SMILES string of the molecule is NCC(=O)N1CC[C@H](CO)C1. The fraction of sp³-hybridized carbons (Fsp3) is 0.857. The van der Waals surface area contributed by atoms with Gasteiger partial charge >= 0.3 is 0 Å². The molecule has 0 saturated carbocycles. The van der Waals surface area contributed by atoms with Gasteiger partial charge in [0.2, 0.25) is 5.91 Å². The summed E-state index contributed by atoms with van der Waals surface area (Å²) < 4.78 is 0. The van der Waals surface area contributed by atoms with E-state index in [1.54, 1.807) is 4.90 Å². The number of rotatable bonds is 2. The molecule has 0 bridgehead atoms. The Hall–Kier alpha value is -0.610. The molecule has 1 heterocycles. The standard InChI is InChI=1S/C7H14N2O2/c8-3-7(11)9-2-1-6(4-9)5-10/h6,10H,1-5,8H2/t6-/m0/s1. The molecule has 1 aliphatic heterocycles. The van der Waals surface area contributed by atoms with Gasteiger partial charge in [-0.15, -0.1) is 0 Å². The second kappa shape index (κ2) is 3.69. The van der Waals surface area contributed by atoms with Gasteiger partial charge in [0, 0.05) is 25.6 Å². The van der Waals surface area contributed by atoms with Gasteiger partial charge < -0.3 is 15.7 Å². The van der Waals surface area contributed by atoms with Gasteiger partial charge in [0.05, 0.1) is 6.54 Å². The summed E-state index contributed by atoms with van der Waals surface area (Å²) in [5.74, 6) is 0.256. The summed E-state index contributed by atoms with van der Waals surface area (Å²) in [4.78, 5) is 12.7. The summed E-state index contributed by atoms with van der Waals surface area (Å²) in [6, 6.07) is 0. The lowest BCUT2D eigenvalue weighted by atomic mass is 10.1. The first-order valence-electron chi connectivity index (χ1n) is 3.86. The number of amides is 1. The zero-order valence-electron chi connectivity index (χ0n) is 6.49. The molecule has 64 valence electrons. The number of hydrogen-bond acceptors (Lipinski definition) is 3. The Bertz CT molecular complexity index is 149. The second-order valence-electron chi connectivity index (χ2n) is 2.88.